The summed E-state index contributed by atoms with van der Waals surface area (Å²) in [6.07, 6.45) is 11.4. The number of hydrogen-bond acceptors (Lipinski definition) is 2. The van der Waals surface area contributed by atoms with Crippen LogP contribution in [0, 0.1) is 0 Å². The first-order valence-corrected chi connectivity index (χ1v) is 7.99. The van der Waals surface area contributed by atoms with E-state index in [0.717, 1.165) is 19.3 Å². The quantitative estimate of drug-likeness (QED) is 0.635. The highest BCUT2D eigenvalue weighted by atomic mass is 16.2. The fraction of sp³-hybridized carbons (Fsp3) is 0.500. The van der Waals surface area contributed by atoms with Crippen LogP contribution in [0.3, 0.4) is 0 Å². The van der Waals surface area contributed by atoms with Crippen molar-refractivity contribution in [2.75, 3.05) is 0 Å². The molecule has 1 fully saturated rings. The lowest BCUT2D eigenvalue weighted by atomic mass is 9.82. The van der Waals surface area contributed by atoms with Crippen LogP contribution in [0.2, 0.25) is 0 Å². The van der Waals surface area contributed by atoms with Gasteiger partial charge in [-0.2, -0.15) is 0 Å². The molecule has 1 aromatic rings. The minimum Gasteiger partial charge on any atom is -0.287 e. The molecule has 0 aliphatic heterocycles. The molecule has 1 saturated carbocycles. The highest BCUT2D eigenvalue weighted by Gasteiger charge is 2.29. The van der Waals surface area contributed by atoms with Gasteiger partial charge in [0.2, 0.25) is 0 Å². The van der Waals surface area contributed by atoms with E-state index in [1.807, 2.05) is 36.4 Å². The van der Waals surface area contributed by atoms with Gasteiger partial charge < -0.3 is 0 Å². The van der Waals surface area contributed by atoms with Crippen molar-refractivity contribution < 1.29 is 4.79 Å². The summed E-state index contributed by atoms with van der Waals surface area (Å²) in [5.41, 5.74) is 6.89. The summed E-state index contributed by atoms with van der Waals surface area (Å²) in [6.45, 7) is 3.89. The topological polar surface area (TPSA) is 41.1 Å². The molecule has 0 saturated heterocycles. The SMILES string of the molecule is C=CCC1(NNC(=O)c2ccccc2)CCCCCCC1. The van der Waals surface area contributed by atoms with Crippen LogP contribution in [-0.2, 0) is 0 Å². The summed E-state index contributed by atoms with van der Waals surface area (Å²) in [4.78, 5) is 12.2. The molecule has 0 heterocycles. The molecule has 2 rings (SSSR count). The lowest BCUT2D eigenvalue weighted by molar-refractivity contribution is 0.0890. The van der Waals surface area contributed by atoms with Crippen molar-refractivity contribution in [3.05, 3.63) is 48.6 Å². The van der Waals surface area contributed by atoms with Gasteiger partial charge in [0.15, 0.2) is 0 Å². The van der Waals surface area contributed by atoms with Crippen LogP contribution in [0.15, 0.2) is 43.0 Å². The fourth-order valence-electron chi connectivity index (χ4n) is 3.09. The van der Waals surface area contributed by atoms with E-state index in [1.54, 1.807) is 0 Å². The lowest BCUT2D eigenvalue weighted by Crippen LogP contribution is -2.54. The average Bonchev–Trinajstić information content (AvgIpc) is 2.49. The Morgan fingerprint density at radius 2 is 1.71 bits per heavy atom. The van der Waals surface area contributed by atoms with Gasteiger partial charge in [-0.3, -0.25) is 10.2 Å². The van der Waals surface area contributed by atoms with E-state index in [1.165, 1.54) is 32.1 Å². The third-order valence-corrected chi connectivity index (χ3v) is 4.32. The van der Waals surface area contributed by atoms with Crippen molar-refractivity contribution >= 4 is 5.91 Å². The molecule has 21 heavy (non-hydrogen) atoms. The number of hydrogen-bond donors (Lipinski definition) is 2. The predicted molar refractivity (Wildman–Crippen MR) is 86.9 cm³/mol. The Balaban J connectivity index is 1.98. The minimum absolute atomic E-state index is 0.0351. The first-order valence-electron chi connectivity index (χ1n) is 7.99. The van der Waals surface area contributed by atoms with Gasteiger partial charge in [0.05, 0.1) is 0 Å². The standard InChI is InChI=1S/C18H26N2O/c1-2-13-18(14-9-4-3-5-10-15-18)20-19-17(21)16-11-7-6-8-12-16/h2,6-8,11-12,20H,1,3-5,9-10,13-15H2,(H,19,21). The van der Waals surface area contributed by atoms with E-state index in [2.05, 4.69) is 17.4 Å². The molecule has 3 nitrogen and oxygen atoms in total. The molecule has 1 aliphatic rings. The normalized spacial score (nSPS) is 18.3. The third-order valence-electron chi connectivity index (χ3n) is 4.32. The molecule has 0 bridgehead atoms. The van der Waals surface area contributed by atoms with Gasteiger partial charge >= 0.3 is 0 Å². The van der Waals surface area contributed by atoms with Crippen molar-refractivity contribution in [2.45, 2.75) is 56.9 Å². The summed E-state index contributed by atoms with van der Waals surface area (Å²) in [7, 11) is 0. The zero-order valence-electron chi connectivity index (χ0n) is 12.7. The van der Waals surface area contributed by atoms with Crippen molar-refractivity contribution in [1.82, 2.24) is 10.9 Å². The van der Waals surface area contributed by atoms with Gasteiger partial charge in [0, 0.05) is 11.1 Å². The number of carbonyl (C=O) groups is 1. The van der Waals surface area contributed by atoms with Crippen molar-refractivity contribution in [2.24, 2.45) is 0 Å². The maximum absolute atomic E-state index is 12.2. The molecule has 0 unspecified atom stereocenters. The zero-order valence-corrected chi connectivity index (χ0v) is 12.7. The van der Waals surface area contributed by atoms with Crippen LogP contribution in [0.1, 0.15) is 61.7 Å². The summed E-state index contributed by atoms with van der Waals surface area (Å²) < 4.78 is 0. The van der Waals surface area contributed by atoms with E-state index in [-0.39, 0.29) is 11.4 Å². The summed E-state index contributed by atoms with van der Waals surface area (Å²) in [6, 6.07) is 9.33. The number of amides is 1. The molecule has 0 radical (unpaired) electrons. The Morgan fingerprint density at radius 1 is 1.10 bits per heavy atom. The summed E-state index contributed by atoms with van der Waals surface area (Å²) >= 11 is 0. The summed E-state index contributed by atoms with van der Waals surface area (Å²) in [5, 5.41) is 0. The average molecular weight is 286 g/mol. The number of benzene rings is 1. The maximum Gasteiger partial charge on any atom is 0.265 e. The number of hydrazine groups is 1. The monoisotopic (exact) mass is 286 g/mol. The first kappa shape index (κ1) is 15.8. The number of nitrogens with one attached hydrogen (secondary N) is 2. The highest BCUT2D eigenvalue weighted by molar-refractivity contribution is 5.93. The zero-order chi connectivity index (χ0) is 15.0. The largest absolute Gasteiger partial charge is 0.287 e. The Labute approximate surface area is 127 Å². The highest BCUT2D eigenvalue weighted by Crippen LogP contribution is 2.29. The third kappa shape index (κ3) is 4.71. The van der Waals surface area contributed by atoms with Crippen molar-refractivity contribution in [3.8, 4) is 0 Å². The van der Waals surface area contributed by atoms with Crippen LogP contribution in [0.5, 0.6) is 0 Å². The van der Waals surface area contributed by atoms with Gasteiger partial charge in [-0.15, -0.1) is 6.58 Å². The molecule has 1 amide bonds. The van der Waals surface area contributed by atoms with Gasteiger partial charge in [-0.1, -0.05) is 56.4 Å². The molecule has 1 aromatic carbocycles. The Bertz CT molecular complexity index is 448. The second-order valence-electron chi connectivity index (χ2n) is 5.99. The smallest absolute Gasteiger partial charge is 0.265 e. The predicted octanol–water partition coefficient (Wildman–Crippen LogP) is 3.98. The first-order chi connectivity index (χ1) is 10.3. The molecular weight excluding hydrogens is 260 g/mol. The fourth-order valence-corrected chi connectivity index (χ4v) is 3.09. The molecule has 3 heteroatoms. The second-order valence-corrected chi connectivity index (χ2v) is 5.99. The summed E-state index contributed by atoms with van der Waals surface area (Å²) in [5.74, 6) is -0.0684. The number of carbonyl (C=O) groups excluding carboxylic acids is 1. The van der Waals surface area contributed by atoms with Gasteiger partial charge in [-0.05, 0) is 31.4 Å². The maximum atomic E-state index is 12.2. The lowest BCUT2D eigenvalue weighted by Gasteiger charge is -2.35. The van der Waals surface area contributed by atoms with Gasteiger partial charge in [-0.25, -0.2) is 5.43 Å². The van der Waals surface area contributed by atoms with E-state index < -0.39 is 0 Å². The Morgan fingerprint density at radius 3 is 2.33 bits per heavy atom. The Kier molecular flexibility index (Phi) is 6.00. The Hall–Kier alpha value is -1.61. The number of rotatable bonds is 5. The molecule has 0 spiro atoms. The van der Waals surface area contributed by atoms with Crippen molar-refractivity contribution in [1.29, 1.82) is 0 Å². The van der Waals surface area contributed by atoms with Crippen molar-refractivity contribution in [3.63, 3.8) is 0 Å². The van der Waals surface area contributed by atoms with E-state index in [4.69, 9.17) is 0 Å². The van der Waals surface area contributed by atoms with Crippen LogP contribution >= 0.6 is 0 Å². The van der Waals surface area contributed by atoms with E-state index in [9.17, 15) is 4.79 Å². The molecule has 0 atom stereocenters. The van der Waals surface area contributed by atoms with Gasteiger partial charge in [0.1, 0.15) is 0 Å². The molecule has 1 aliphatic carbocycles. The minimum atomic E-state index is -0.0684. The van der Waals surface area contributed by atoms with Crippen LogP contribution in [-0.4, -0.2) is 11.4 Å². The molecule has 114 valence electrons. The van der Waals surface area contributed by atoms with Crippen LogP contribution in [0.4, 0.5) is 0 Å². The van der Waals surface area contributed by atoms with Crippen LogP contribution < -0.4 is 10.9 Å². The molecule has 0 aromatic heterocycles. The molecule has 2 N–H and O–H groups in total. The van der Waals surface area contributed by atoms with E-state index >= 15 is 0 Å². The van der Waals surface area contributed by atoms with Gasteiger partial charge in [0.25, 0.3) is 5.91 Å². The van der Waals surface area contributed by atoms with Crippen LogP contribution in [0.25, 0.3) is 0 Å². The molecular formula is C18H26N2O. The second kappa shape index (κ2) is 7.99. The van der Waals surface area contributed by atoms with E-state index in [0.29, 0.717) is 5.56 Å².